The molecule has 0 bridgehead atoms. The Morgan fingerprint density at radius 1 is 1.21 bits per heavy atom. The van der Waals surface area contributed by atoms with Crippen molar-refractivity contribution < 1.29 is 9.59 Å². The minimum atomic E-state index is -0.0867. The van der Waals surface area contributed by atoms with Gasteiger partial charge in [-0.05, 0) is 12.1 Å². The summed E-state index contributed by atoms with van der Waals surface area (Å²) in [6.45, 7) is 0.881. The molecule has 0 spiro atoms. The molecular weight excluding hydrogens is 244 g/mol. The SMILES string of the molecule is O=C1CCC(=O)N1CCNc1nc2ccccc2[nH]1. The average Bonchev–Trinajstić information content (AvgIpc) is 2.95. The standard InChI is InChI=1S/C13H14N4O2/c18-11-5-6-12(19)17(11)8-7-14-13-15-9-3-1-2-4-10(9)16-13/h1-4H,5-8H2,(H2,14,15,16). The summed E-state index contributed by atoms with van der Waals surface area (Å²) in [4.78, 5) is 31.6. The zero-order valence-corrected chi connectivity index (χ0v) is 10.3. The van der Waals surface area contributed by atoms with E-state index in [1.54, 1.807) is 0 Å². The number of H-pyrrole nitrogens is 1. The minimum absolute atomic E-state index is 0.0867. The third kappa shape index (κ3) is 2.29. The van der Waals surface area contributed by atoms with Crippen molar-refractivity contribution in [1.29, 1.82) is 0 Å². The molecule has 0 unspecified atom stereocenters. The second kappa shape index (κ2) is 4.72. The van der Waals surface area contributed by atoms with E-state index in [4.69, 9.17) is 0 Å². The number of rotatable bonds is 4. The van der Waals surface area contributed by atoms with Gasteiger partial charge in [-0.1, -0.05) is 12.1 Å². The Morgan fingerprint density at radius 3 is 2.68 bits per heavy atom. The van der Waals surface area contributed by atoms with E-state index in [-0.39, 0.29) is 11.8 Å². The summed E-state index contributed by atoms with van der Waals surface area (Å²) in [7, 11) is 0. The number of aromatic nitrogens is 2. The summed E-state index contributed by atoms with van der Waals surface area (Å²) in [5.41, 5.74) is 1.84. The summed E-state index contributed by atoms with van der Waals surface area (Å²) in [5.74, 6) is 0.480. The van der Waals surface area contributed by atoms with Crippen molar-refractivity contribution in [2.75, 3.05) is 18.4 Å². The van der Waals surface area contributed by atoms with Gasteiger partial charge in [-0.15, -0.1) is 0 Å². The molecule has 98 valence electrons. The Labute approximate surface area is 109 Å². The Kier molecular flexibility index (Phi) is 2.91. The molecule has 1 aliphatic heterocycles. The number of likely N-dealkylation sites (tertiary alicyclic amines) is 1. The van der Waals surface area contributed by atoms with Crippen LogP contribution in [0.15, 0.2) is 24.3 Å². The molecule has 2 heterocycles. The molecule has 19 heavy (non-hydrogen) atoms. The van der Waals surface area contributed by atoms with Crippen molar-refractivity contribution >= 4 is 28.8 Å². The fraction of sp³-hybridized carbons (Fsp3) is 0.308. The van der Waals surface area contributed by atoms with Gasteiger partial charge >= 0.3 is 0 Å². The van der Waals surface area contributed by atoms with Crippen molar-refractivity contribution in [3.63, 3.8) is 0 Å². The molecule has 0 radical (unpaired) electrons. The highest BCUT2D eigenvalue weighted by Crippen LogP contribution is 2.14. The first-order valence-electron chi connectivity index (χ1n) is 6.26. The quantitative estimate of drug-likeness (QED) is 0.806. The molecule has 6 heteroatoms. The monoisotopic (exact) mass is 258 g/mol. The molecule has 1 aliphatic rings. The van der Waals surface area contributed by atoms with Crippen LogP contribution in [-0.4, -0.2) is 39.8 Å². The van der Waals surface area contributed by atoms with Crippen molar-refractivity contribution in [2.45, 2.75) is 12.8 Å². The van der Waals surface area contributed by atoms with Crippen LogP contribution in [0.25, 0.3) is 11.0 Å². The van der Waals surface area contributed by atoms with Crippen LogP contribution in [0.1, 0.15) is 12.8 Å². The fourth-order valence-corrected chi connectivity index (χ4v) is 2.19. The highest BCUT2D eigenvalue weighted by Gasteiger charge is 2.27. The van der Waals surface area contributed by atoms with Gasteiger partial charge in [0.1, 0.15) is 0 Å². The van der Waals surface area contributed by atoms with E-state index >= 15 is 0 Å². The third-order valence-electron chi connectivity index (χ3n) is 3.17. The normalized spacial score (nSPS) is 15.5. The van der Waals surface area contributed by atoms with Crippen molar-refractivity contribution in [2.24, 2.45) is 0 Å². The molecule has 0 aliphatic carbocycles. The number of nitrogens with one attached hydrogen (secondary N) is 2. The average molecular weight is 258 g/mol. The van der Waals surface area contributed by atoms with Gasteiger partial charge in [0.05, 0.1) is 11.0 Å². The first-order chi connectivity index (χ1) is 9.24. The summed E-state index contributed by atoms with van der Waals surface area (Å²) >= 11 is 0. The number of imide groups is 1. The van der Waals surface area contributed by atoms with Gasteiger partial charge in [0.15, 0.2) is 0 Å². The van der Waals surface area contributed by atoms with E-state index in [1.807, 2.05) is 24.3 Å². The van der Waals surface area contributed by atoms with Crippen LogP contribution in [0, 0.1) is 0 Å². The predicted octanol–water partition coefficient (Wildman–Crippen LogP) is 1.12. The number of hydrogen-bond donors (Lipinski definition) is 2. The zero-order chi connectivity index (χ0) is 13.2. The number of hydrogen-bond acceptors (Lipinski definition) is 4. The van der Waals surface area contributed by atoms with Gasteiger partial charge in [-0.2, -0.15) is 0 Å². The molecule has 2 aromatic rings. The van der Waals surface area contributed by atoms with Gasteiger partial charge in [-0.25, -0.2) is 4.98 Å². The molecule has 1 aromatic carbocycles. The van der Waals surface area contributed by atoms with Gasteiger partial charge in [-0.3, -0.25) is 14.5 Å². The number of anilines is 1. The number of benzene rings is 1. The van der Waals surface area contributed by atoms with Crippen LogP contribution >= 0.6 is 0 Å². The van der Waals surface area contributed by atoms with Gasteiger partial charge < -0.3 is 10.3 Å². The van der Waals surface area contributed by atoms with E-state index in [9.17, 15) is 9.59 Å². The molecule has 6 nitrogen and oxygen atoms in total. The first kappa shape index (κ1) is 11.7. The summed E-state index contributed by atoms with van der Waals surface area (Å²) in [6.07, 6.45) is 0.674. The highest BCUT2D eigenvalue weighted by atomic mass is 16.2. The maximum atomic E-state index is 11.4. The van der Waals surface area contributed by atoms with Gasteiger partial charge in [0.2, 0.25) is 17.8 Å². The summed E-state index contributed by atoms with van der Waals surface area (Å²) in [5, 5.41) is 3.09. The highest BCUT2D eigenvalue weighted by molar-refractivity contribution is 6.01. The maximum absolute atomic E-state index is 11.4. The fourth-order valence-electron chi connectivity index (χ4n) is 2.19. The molecular formula is C13H14N4O2. The predicted molar refractivity (Wildman–Crippen MR) is 70.5 cm³/mol. The second-order valence-electron chi connectivity index (χ2n) is 4.47. The Morgan fingerprint density at radius 2 is 1.95 bits per heavy atom. The van der Waals surface area contributed by atoms with Gasteiger partial charge in [0, 0.05) is 25.9 Å². The number of para-hydroxylation sites is 2. The smallest absolute Gasteiger partial charge is 0.229 e. The number of nitrogens with zero attached hydrogens (tertiary/aromatic N) is 2. The zero-order valence-electron chi connectivity index (χ0n) is 10.3. The second-order valence-corrected chi connectivity index (χ2v) is 4.47. The van der Waals surface area contributed by atoms with Crippen LogP contribution in [0.5, 0.6) is 0 Å². The summed E-state index contributed by atoms with van der Waals surface area (Å²) in [6, 6.07) is 7.73. The number of imidazole rings is 1. The number of carbonyl (C=O) groups is 2. The Hall–Kier alpha value is -2.37. The molecule has 3 rings (SSSR count). The van der Waals surface area contributed by atoms with Crippen LogP contribution < -0.4 is 5.32 Å². The third-order valence-corrected chi connectivity index (χ3v) is 3.17. The molecule has 2 N–H and O–H groups in total. The van der Waals surface area contributed by atoms with E-state index in [2.05, 4.69) is 15.3 Å². The van der Waals surface area contributed by atoms with E-state index in [0.29, 0.717) is 31.9 Å². The topological polar surface area (TPSA) is 78.1 Å². The molecule has 1 saturated heterocycles. The number of aromatic amines is 1. The van der Waals surface area contributed by atoms with Crippen molar-refractivity contribution in [1.82, 2.24) is 14.9 Å². The molecule has 0 saturated carbocycles. The van der Waals surface area contributed by atoms with Crippen LogP contribution in [0.4, 0.5) is 5.95 Å². The summed E-state index contributed by atoms with van der Waals surface area (Å²) < 4.78 is 0. The Balaban J connectivity index is 1.60. The number of carbonyl (C=O) groups excluding carboxylic acids is 2. The molecule has 2 amide bonds. The van der Waals surface area contributed by atoms with Crippen LogP contribution in [0.3, 0.4) is 0 Å². The van der Waals surface area contributed by atoms with E-state index in [1.165, 1.54) is 4.90 Å². The maximum Gasteiger partial charge on any atom is 0.229 e. The molecule has 1 aromatic heterocycles. The molecule has 1 fully saturated rings. The first-order valence-corrected chi connectivity index (χ1v) is 6.26. The Bertz CT molecular complexity index is 585. The lowest BCUT2D eigenvalue weighted by atomic mass is 10.3. The lowest BCUT2D eigenvalue weighted by Crippen LogP contribution is -2.33. The van der Waals surface area contributed by atoms with Crippen molar-refractivity contribution in [3.8, 4) is 0 Å². The van der Waals surface area contributed by atoms with Crippen molar-refractivity contribution in [3.05, 3.63) is 24.3 Å². The van der Waals surface area contributed by atoms with E-state index < -0.39 is 0 Å². The van der Waals surface area contributed by atoms with Crippen LogP contribution in [-0.2, 0) is 9.59 Å². The molecule has 0 atom stereocenters. The lowest BCUT2D eigenvalue weighted by molar-refractivity contribution is -0.138. The minimum Gasteiger partial charge on any atom is -0.354 e. The largest absolute Gasteiger partial charge is 0.354 e. The lowest BCUT2D eigenvalue weighted by Gasteiger charge is -2.13. The number of amides is 2. The van der Waals surface area contributed by atoms with E-state index in [0.717, 1.165) is 11.0 Å². The van der Waals surface area contributed by atoms with Crippen LogP contribution in [0.2, 0.25) is 0 Å². The van der Waals surface area contributed by atoms with Gasteiger partial charge in [0.25, 0.3) is 0 Å². The number of fused-ring (bicyclic) bond motifs is 1.